The molecule has 1 saturated heterocycles. The van der Waals surface area contributed by atoms with E-state index in [1.54, 1.807) is 0 Å². The van der Waals surface area contributed by atoms with Crippen LogP contribution in [0.5, 0.6) is 0 Å². The van der Waals surface area contributed by atoms with Crippen molar-refractivity contribution >= 4 is 17.6 Å². The molecule has 0 unspecified atom stereocenters. The quantitative estimate of drug-likeness (QED) is 0.770. The van der Waals surface area contributed by atoms with Gasteiger partial charge in [-0.05, 0) is 17.5 Å². The summed E-state index contributed by atoms with van der Waals surface area (Å²) >= 11 is 0. The maximum absolute atomic E-state index is 11.6. The van der Waals surface area contributed by atoms with E-state index >= 15 is 0 Å². The van der Waals surface area contributed by atoms with Crippen LogP contribution >= 0.6 is 0 Å². The van der Waals surface area contributed by atoms with Crippen LogP contribution in [0.15, 0.2) is 24.3 Å². The number of hydrogen-bond acceptors (Lipinski definition) is 2. The molecule has 1 N–H and O–H groups in total. The molecular formula is C12H14N2O2. The Morgan fingerprint density at radius 2 is 1.94 bits per heavy atom. The van der Waals surface area contributed by atoms with Crippen molar-refractivity contribution in [3.63, 3.8) is 0 Å². The highest BCUT2D eigenvalue weighted by Gasteiger charge is 2.29. The van der Waals surface area contributed by atoms with E-state index in [1.807, 2.05) is 24.3 Å². The van der Waals surface area contributed by atoms with Gasteiger partial charge in [0, 0.05) is 5.69 Å². The molecular weight excluding hydrogens is 204 g/mol. The van der Waals surface area contributed by atoms with E-state index in [2.05, 4.69) is 19.2 Å². The molecule has 1 fully saturated rings. The van der Waals surface area contributed by atoms with E-state index in [9.17, 15) is 9.59 Å². The molecule has 4 heteroatoms. The van der Waals surface area contributed by atoms with Crippen LogP contribution in [0.4, 0.5) is 10.5 Å². The smallest absolute Gasteiger partial charge is 0.284 e. The first-order chi connectivity index (χ1) is 7.59. The molecule has 1 aliphatic rings. The normalized spacial score (nSPS) is 15.8. The van der Waals surface area contributed by atoms with Crippen LogP contribution in [0.1, 0.15) is 25.3 Å². The first kappa shape index (κ1) is 10.7. The second-order valence-corrected chi connectivity index (χ2v) is 4.15. The van der Waals surface area contributed by atoms with Gasteiger partial charge in [-0.3, -0.25) is 15.0 Å². The number of carbonyl (C=O) groups is 2. The summed E-state index contributed by atoms with van der Waals surface area (Å²) in [6, 6.07) is 7.33. The number of benzene rings is 1. The standard InChI is InChI=1S/C12H14N2O2/c1-8(2)9-5-3-4-6-10(9)14-7-11(15)13-12(14)16/h3-6,8H,7H2,1-2H3,(H,13,15,16). The molecule has 0 aromatic heterocycles. The Bertz CT molecular complexity index is 440. The molecule has 1 heterocycles. The lowest BCUT2D eigenvalue weighted by molar-refractivity contribution is -0.117. The van der Waals surface area contributed by atoms with Crippen LogP contribution in [0, 0.1) is 0 Å². The van der Waals surface area contributed by atoms with Crippen LogP contribution in [0.25, 0.3) is 0 Å². The number of nitrogens with one attached hydrogen (secondary N) is 1. The Balaban J connectivity index is 2.40. The topological polar surface area (TPSA) is 49.4 Å². The first-order valence-corrected chi connectivity index (χ1v) is 5.30. The minimum absolute atomic E-state index is 0.114. The SMILES string of the molecule is CC(C)c1ccccc1N1CC(=O)NC1=O. The summed E-state index contributed by atoms with van der Waals surface area (Å²) in [6.45, 7) is 4.24. The van der Waals surface area contributed by atoms with Gasteiger partial charge in [-0.1, -0.05) is 32.0 Å². The molecule has 1 aliphatic heterocycles. The molecule has 3 amide bonds. The summed E-state index contributed by atoms with van der Waals surface area (Å²) in [7, 11) is 0. The van der Waals surface area contributed by atoms with Gasteiger partial charge in [-0.25, -0.2) is 4.79 Å². The zero-order valence-electron chi connectivity index (χ0n) is 9.36. The fraction of sp³-hybridized carbons (Fsp3) is 0.333. The van der Waals surface area contributed by atoms with Gasteiger partial charge in [0.15, 0.2) is 0 Å². The summed E-state index contributed by atoms with van der Waals surface area (Å²) in [5.41, 5.74) is 1.90. The predicted molar refractivity (Wildman–Crippen MR) is 61.4 cm³/mol. The van der Waals surface area contributed by atoms with Crippen molar-refractivity contribution < 1.29 is 9.59 Å². The lowest BCUT2D eigenvalue weighted by Crippen LogP contribution is -2.28. The van der Waals surface area contributed by atoms with Crippen LogP contribution in [0.2, 0.25) is 0 Å². The average molecular weight is 218 g/mol. The number of para-hydroxylation sites is 1. The number of urea groups is 1. The van der Waals surface area contributed by atoms with Crippen molar-refractivity contribution in [2.24, 2.45) is 0 Å². The maximum atomic E-state index is 11.6. The van der Waals surface area contributed by atoms with Gasteiger partial charge in [0.25, 0.3) is 0 Å². The molecule has 0 radical (unpaired) electrons. The minimum atomic E-state index is -0.335. The number of carbonyl (C=O) groups excluding carboxylic acids is 2. The monoisotopic (exact) mass is 218 g/mol. The highest BCUT2D eigenvalue weighted by atomic mass is 16.2. The van der Waals surface area contributed by atoms with Crippen molar-refractivity contribution in [3.8, 4) is 0 Å². The Labute approximate surface area is 94.2 Å². The number of anilines is 1. The Hall–Kier alpha value is -1.84. The Morgan fingerprint density at radius 1 is 1.25 bits per heavy atom. The third-order valence-electron chi connectivity index (χ3n) is 2.64. The number of nitrogens with zero attached hydrogens (tertiary/aromatic N) is 1. The highest BCUT2D eigenvalue weighted by molar-refractivity contribution is 6.12. The van der Waals surface area contributed by atoms with E-state index in [4.69, 9.17) is 0 Å². The lowest BCUT2D eigenvalue weighted by Gasteiger charge is -2.19. The van der Waals surface area contributed by atoms with E-state index in [0.717, 1.165) is 11.3 Å². The van der Waals surface area contributed by atoms with Gasteiger partial charge < -0.3 is 0 Å². The largest absolute Gasteiger partial charge is 0.329 e. The second kappa shape index (κ2) is 3.96. The molecule has 84 valence electrons. The third kappa shape index (κ3) is 1.78. The maximum Gasteiger partial charge on any atom is 0.329 e. The van der Waals surface area contributed by atoms with Crippen LogP contribution < -0.4 is 10.2 Å². The molecule has 0 aliphatic carbocycles. The van der Waals surface area contributed by atoms with E-state index < -0.39 is 0 Å². The molecule has 0 spiro atoms. The van der Waals surface area contributed by atoms with Gasteiger partial charge in [-0.15, -0.1) is 0 Å². The average Bonchev–Trinajstić information content (AvgIpc) is 2.57. The van der Waals surface area contributed by atoms with Crippen molar-refractivity contribution in [2.45, 2.75) is 19.8 Å². The van der Waals surface area contributed by atoms with Crippen LogP contribution in [0.3, 0.4) is 0 Å². The Kier molecular flexibility index (Phi) is 2.64. The minimum Gasteiger partial charge on any atom is -0.284 e. The summed E-state index contributed by atoms with van der Waals surface area (Å²) in [5.74, 6) is 0.0725. The van der Waals surface area contributed by atoms with Crippen molar-refractivity contribution in [2.75, 3.05) is 11.4 Å². The second-order valence-electron chi connectivity index (χ2n) is 4.15. The summed E-state index contributed by atoms with van der Waals surface area (Å²) in [6.07, 6.45) is 0. The van der Waals surface area contributed by atoms with Crippen LogP contribution in [-0.4, -0.2) is 18.5 Å². The van der Waals surface area contributed by atoms with Crippen molar-refractivity contribution in [1.29, 1.82) is 0 Å². The molecule has 4 nitrogen and oxygen atoms in total. The van der Waals surface area contributed by atoms with Gasteiger partial charge in [0.1, 0.15) is 6.54 Å². The van der Waals surface area contributed by atoms with Gasteiger partial charge in [0.2, 0.25) is 5.91 Å². The number of amides is 3. The van der Waals surface area contributed by atoms with Crippen molar-refractivity contribution in [3.05, 3.63) is 29.8 Å². The Morgan fingerprint density at radius 3 is 2.50 bits per heavy atom. The molecule has 0 atom stereocenters. The zero-order chi connectivity index (χ0) is 11.7. The van der Waals surface area contributed by atoms with Gasteiger partial charge >= 0.3 is 6.03 Å². The van der Waals surface area contributed by atoms with E-state index in [1.165, 1.54) is 4.90 Å². The fourth-order valence-corrected chi connectivity index (χ4v) is 1.86. The first-order valence-electron chi connectivity index (χ1n) is 5.30. The van der Waals surface area contributed by atoms with E-state index in [-0.39, 0.29) is 18.5 Å². The third-order valence-corrected chi connectivity index (χ3v) is 2.64. The summed E-state index contributed by atoms with van der Waals surface area (Å²) in [5, 5.41) is 2.28. The lowest BCUT2D eigenvalue weighted by atomic mass is 10.0. The summed E-state index contributed by atoms with van der Waals surface area (Å²) < 4.78 is 0. The molecule has 1 aromatic rings. The highest BCUT2D eigenvalue weighted by Crippen LogP contribution is 2.28. The zero-order valence-corrected chi connectivity index (χ0v) is 9.36. The van der Waals surface area contributed by atoms with E-state index in [0.29, 0.717) is 5.92 Å². The van der Waals surface area contributed by atoms with Crippen molar-refractivity contribution in [1.82, 2.24) is 5.32 Å². The van der Waals surface area contributed by atoms with Gasteiger partial charge in [0.05, 0.1) is 0 Å². The van der Waals surface area contributed by atoms with Gasteiger partial charge in [-0.2, -0.15) is 0 Å². The molecule has 0 bridgehead atoms. The van der Waals surface area contributed by atoms with Crippen LogP contribution in [-0.2, 0) is 4.79 Å². The number of imide groups is 1. The predicted octanol–water partition coefficient (Wildman–Crippen LogP) is 1.87. The molecule has 0 saturated carbocycles. The molecule has 16 heavy (non-hydrogen) atoms. The number of rotatable bonds is 2. The molecule has 2 rings (SSSR count). The fourth-order valence-electron chi connectivity index (χ4n) is 1.86. The summed E-state index contributed by atoms with van der Waals surface area (Å²) in [4.78, 5) is 24.2. The molecule has 1 aromatic carbocycles. The number of hydrogen-bond donors (Lipinski definition) is 1.